The number of benzene rings is 1. The Morgan fingerprint density at radius 3 is 2.69 bits per heavy atom. The van der Waals surface area contributed by atoms with Gasteiger partial charge in [-0.3, -0.25) is 9.59 Å². The zero-order valence-electron chi connectivity index (χ0n) is 13.7. The van der Waals surface area contributed by atoms with Gasteiger partial charge in [0, 0.05) is 24.6 Å². The lowest BCUT2D eigenvalue weighted by atomic mass is 10.2. The van der Waals surface area contributed by atoms with Crippen LogP contribution in [0.15, 0.2) is 53.1 Å². The smallest absolute Gasteiger partial charge is 0.287 e. The highest BCUT2D eigenvalue weighted by molar-refractivity contribution is 6.41. The molecule has 7 nitrogen and oxygen atoms in total. The largest absolute Gasteiger partial charge is 0.361 e. The number of aromatic nitrogens is 2. The van der Waals surface area contributed by atoms with Gasteiger partial charge in [-0.25, -0.2) is 4.68 Å². The molecule has 0 aliphatic heterocycles. The summed E-state index contributed by atoms with van der Waals surface area (Å²) in [5.74, 6) is -0.390. The van der Waals surface area contributed by atoms with Crippen molar-refractivity contribution in [2.75, 3.05) is 11.9 Å². The summed E-state index contributed by atoms with van der Waals surface area (Å²) in [7, 11) is 0. The van der Waals surface area contributed by atoms with E-state index >= 15 is 0 Å². The summed E-state index contributed by atoms with van der Waals surface area (Å²) in [5, 5.41) is 16.8. The van der Waals surface area contributed by atoms with E-state index in [2.05, 4.69) is 15.7 Å². The third kappa shape index (κ3) is 5.72. The number of halogens is 2. The minimum absolute atomic E-state index is 0.0417. The monoisotopic (exact) mass is 393 g/mol. The first-order valence-electron chi connectivity index (χ1n) is 7.70. The molecular weight excluding hydrogens is 377 g/mol. The van der Waals surface area contributed by atoms with Crippen LogP contribution in [0.25, 0.3) is 0 Å². The molecular formula is C17H17Cl2N5O2. The molecule has 0 spiro atoms. The fourth-order valence-corrected chi connectivity index (χ4v) is 2.26. The maximum absolute atomic E-state index is 11.9. The molecule has 26 heavy (non-hydrogen) atoms. The molecule has 2 rings (SSSR count). The molecule has 3 N–H and O–H groups in total. The Labute approximate surface area is 160 Å². The van der Waals surface area contributed by atoms with Crippen molar-refractivity contribution in [1.29, 1.82) is 5.41 Å². The second kappa shape index (κ2) is 9.74. The minimum atomic E-state index is -0.624. The van der Waals surface area contributed by atoms with Crippen molar-refractivity contribution in [2.24, 2.45) is 0 Å². The highest BCUT2D eigenvalue weighted by atomic mass is 35.5. The van der Waals surface area contributed by atoms with Crippen molar-refractivity contribution in [2.45, 2.75) is 13.0 Å². The molecule has 1 aromatic heterocycles. The van der Waals surface area contributed by atoms with E-state index in [1.165, 1.54) is 12.4 Å². The van der Waals surface area contributed by atoms with Crippen LogP contribution in [-0.2, 0) is 11.3 Å². The highest BCUT2D eigenvalue weighted by Gasteiger charge is 2.10. The Morgan fingerprint density at radius 1 is 1.27 bits per heavy atom. The Hall–Kier alpha value is -2.64. The molecule has 136 valence electrons. The van der Waals surface area contributed by atoms with E-state index in [9.17, 15) is 9.59 Å². The van der Waals surface area contributed by atoms with Gasteiger partial charge in [0.2, 0.25) is 5.91 Å². The van der Waals surface area contributed by atoms with Crippen LogP contribution in [0.2, 0.25) is 10.0 Å². The summed E-state index contributed by atoms with van der Waals surface area (Å²) in [6.07, 6.45) is 4.59. The number of para-hydroxylation sites is 1. The van der Waals surface area contributed by atoms with E-state index in [1.807, 2.05) is 30.3 Å². The first-order chi connectivity index (χ1) is 12.5. The number of hydrogen-bond donors (Lipinski definition) is 3. The molecule has 1 aromatic carbocycles. The van der Waals surface area contributed by atoms with Gasteiger partial charge in [0.15, 0.2) is 0 Å². The van der Waals surface area contributed by atoms with Gasteiger partial charge in [0.25, 0.3) is 5.56 Å². The molecule has 0 saturated carbocycles. The van der Waals surface area contributed by atoms with Crippen LogP contribution < -0.4 is 16.2 Å². The number of nitrogens with zero attached hydrogens (tertiary/aromatic N) is 2. The SMILES string of the molecule is N=C/C(=C\Nc1ccccc1)CCNC(=O)Cn1ncc(Cl)c(Cl)c1=O. The Kier molecular flexibility index (Phi) is 7.37. The molecule has 0 unspecified atom stereocenters. The summed E-state index contributed by atoms with van der Waals surface area (Å²) < 4.78 is 0.938. The summed E-state index contributed by atoms with van der Waals surface area (Å²) in [4.78, 5) is 23.8. The number of amides is 1. The summed E-state index contributed by atoms with van der Waals surface area (Å²) in [6.45, 7) is 0.0498. The highest BCUT2D eigenvalue weighted by Crippen LogP contribution is 2.14. The van der Waals surface area contributed by atoms with Gasteiger partial charge in [-0.15, -0.1) is 0 Å². The average molecular weight is 394 g/mol. The third-order valence-corrected chi connectivity index (χ3v) is 4.10. The van der Waals surface area contributed by atoms with Crippen molar-refractivity contribution in [3.05, 3.63) is 68.7 Å². The number of nitrogens with one attached hydrogen (secondary N) is 3. The molecule has 0 bridgehead atoms. The lowest BCUT2D eigenvalue weighted by Gasteiger charge is -2.08. The maximum atomic E-state index is 11.9. The van der Waals surface area contributed by atoms with Crippen LogP contribution >= 0.6 is 23.2 Å². The van der Waals surface area contributed by atoms with E-state index in [0.717, 1.165) is 10.4 Å². The normalized spacial score (nSPS) is 11.1. The van der Waals surface area contributed by atoms with Crippen LogP contribution in [0.4, 0.5) is 5.69 Å². The van der Waals surface area contributed by atoms with Crippen LogP contribution in [0, 0.1) is 5.41 Å². The zero-order valence-corrected chi connectivity index (χ0v) is 15.2. The molecule has 0 radical (unpaired) electrons. The number of carbonyl (C=O) groups excluding carboxylic acids is 1. The second-order valence-electron chi connectivity index (χ2n) is 5.24. The maximum Gasteiger partial charge on any atom is 0.287 e. The quantitative estimate of drug-likeness (QED) is 0.600. The van der Waals surface area contributed by atoms with Crippen molar-refractivity contribution in [1.82, 2.24) is 15.1 Å². The molecule has 0 saturated heterocycles. The van der Waals surface area contributed by atoms with E-state index in [1.54, 1.807) is 6.20 Å². The topological polar surface area (TPSA) is 99.9 Å². The van der Waals surface area contributed by atoms with Gasteiger partial charge in [-0.05, 0) is 24.1 Å². The lowest BCUT2D eigenvalue weighted by Crippen LogP contribution is -2.34. The number of rotatable bonds is 8. The van der Waals surface area contributed by atoms with Gasteiger partial charge < -0.3 is 16.0 Å². The summed E-state index contributed by atoms with van der Waals surface area (Å²) in [5.41, 5.74) is 0.987. The van der Waals surface area contributed by atoms with E-state index < -0.39 is 11.5 Å². The van der Waals surface area contributed by atoms with Gasteiger partial charge in [0.05, 0.1) is 11.2 Å². The molecule has 2 aromatic rings. The van der Waals surface area contributed by atoms with Gasteiger partial charge in [-0.2, -0.15) is 5.10 Å². The average Bonchev–Trinajstić information content (AvgIpc) is 2.66. The third-order valence-electron chi connectivity index (χ3n) is 3.35. The van der Waals surface area contributed by atoms with E-state index in [4.69, 9.17) is 28.6 Å². The number of anilines is 1. The van der Waals surface area contributed by atoms with Crippen LogP contribution in [-0.4, -0.2) is 28.4 Å². The standard InChI is InChI=1S/C17H17Cl2N5O2/c18-14-10-23-24(17(26)16(14)19)11-15(25)21-7-6-12(8-20)9-22-13-4-2-1-3-5-13/h1-5,8-10,20,22H,6-7,11H2,(H,21,25)/b12-9-,20-8?. The molecule has 0 aliphatic rings. The second-order valence-corrected chi connectivity index (χ2v) is 6.03. The predicted molar refractivity (Wildman–Crippen MR) is 103 cm³/mol. The number of carbonyl (C=O) groups is 1. The molecule has 1 heterocycles. The first-order valence-corrected chi connectivity index (χ1v) is 8.45. The Bertz CT molecular complexity index is 865. The molecule has 0 atom stereocenters. The van der Waals surface area contributed by atoms with Gasteiger partial charge >= 0.3 is 0 Å². The predicted octanol–water partition coefficient (Wildman–Crippen LogP) is 2.70. The molecule has 0 fully saturated rings. The minimum Gasteiger partial charge on any atom is -0.361 e. The van der Waals surface area contributed by atoms with Crippen molar-refractivity contribution in [3.8, 4) is 0 Å². The van der Waals surface area contributed by atoms with E-state index in [0.29, 0.717) is 18.5 Å². The van der Waals surface area contributed by atoms with E-state index in [-0.39, 0.29) is 16.6 Å². The van der Waals surface area contributed by atoms with Crippen LogP contribution in [0.3, 0.4) is 0 Å². The Balaban J connectivity index is 1.84. The Morgan fingerprint density at radius 2 is 2.00 bits per heavy atom. The van der Waals surface area contributed by atoms with Gasteiger partial charge in [-0.1, -0.05) is 41.4 Å². The summed E-state index contributed by atoms with van der Waals surface area (Å²) >= 11 is 11.4. The molecule has 1 amide bonds. The number of hydrogen-bond acceptors (Lipinski definition) is 5. The summed E-state index contributed by atoms with van der Waals surface area (Å²) in [6, 6.07) is 9.53. The first kappa shape index (κ1) is 19.7. The van der Waals surface area contributed by atoms with Crippen molar-refractivity contribution < 1.29 is 4.79 Å². The van der Waals surface area contributed by atoms with Crippen LogP contribution in [0.1, 0.15) is 6.42 Å². The van der Waals surface area contributed by atoms with Crippen molar-refractivity contribution in [3.63, 3.8) is 0 Å². The zero-order chi connectivity index (χ0) is 18.9. The molecule has 9 heteroatoms. The fourth-order valence-electron chi connectivity index (χ4n) is 1.99. The van der Waals surface area contributed by atoms with Crippen LogP contribution in [0.5, 0.6) is 0 Å². The van der Waals surface area contributed by atoms with Crippen molar-refractivity contribution >= 4 is 41.0 Å². The van der Waals surface area contributed by atoms with Gasteiger partial charge in [0.1, 0.15) is 11.6 Å². The lowest BCUT2D eigenvalue weighted by molar-refractivity contribution is -0.121. The fraction of sp³-hybridized carbons (Fsp3) is 0.176. The molecule has 0 aliphatic carbocycles.